The first kappa shape index (κ1) is 74.1. The molecule has 4 bridgehead atoms. The van der Waals surface area contributed by atoms with E-state index in [0.717, 1.165) is 0 Å². The lowest BCUT2D eigenvalue weighted by atomic mass is 9.52. The van der Waals surface area contributed by atoms with E-state index in [1.807, 2.05) is 0 Å². The van der Waals surface area contributed by atoms with Gasteiger partial charge in [-0.25, -0.2) is 0 Å². The van der Waals surface area contributed by atoms with E-state index in [1.165, 1.54) is 310 Å². The third-order valence-electron chi connectivity index (χ3n) is 28.6. The molecule has 8 aliphatic rings. The molecule has 17 rings (SSSR count). The Hall–Kier alpha value is -7.42. The van der Waals surface area contributed by atoms with Crippen LogP contribution in [0.3, 0.4) is 0 Å². The summed E-state index contributed by atoms with van der Waals surface area (Å²) in [4.78, 5) is 5.31. The van der Waals surface area contributed by atoms with Crippen LogP contribution in [-0.4, -0.2) is 0 Å². The Morgan fingerprint density at radius 3 is 0.858 bits per heavy atom. The zero-order valence-corrected chi connectivity index (χ0v) is 66.8. The lowest BCUT2D eigenvalue weighted by molar-refractivity contribution is 0.188. The Morgan fingerprint density at radius 2 is 0.519 bits per heavy atom. The highest BCUT2D eigenvalue weighted by atomic mass is 15.2. The van der Waals surface area contributed by atoms with Crippen LogP contribution in [0.25, 0.3) is 44.5 Å². The molecule has 0 radical (unpaired) electrons. The number of hydrogen-bond donors (Lipinski definition) is 0. The summed E-state index contributed by atoms with van der Waals surface area (Å²) in [5.74, 6) is 0. The minimum Gasteiger partial charge on any atom is -0.310 e. The second-order valence-corrected chi connectivity index (χ2v) is 35.8. The number of nitrogens with zero attached hydrogens (tertiary/aromatic N) is 2. The number of unbranched alkanes of at least 4 members (excludes halogenated alkanes) is 20. The third-order valence-corrected chi connectivity index (χ3v) is 28.6. The van der Waals surface area contributed by atoms with Crippen LogP contribution < -0.4 is 9.80 Å². The van der Waals surface area contributed by atoms with Gasteiger partial charge in [0.15, 0.2) is 0 Å². The summed E-state index contributed by atoms with van der Waals surface area (Å²) < 4.78 is 0. The number of fused-ring (bicyclic) bond motifs is 10. The predicted octanol–water partition coefficient (Wildman–Crippen LogP) is 31.7. The molecular weight excluding hydrogens is 1280 g/mol. The van der Waals surface area contributed by atoms with Crippen molar-refractivity contribution >= 4 is 34.1 Å². The highest BCUT2D eigenvalue weighted by molar-refractivity contribution is 5.96. The summed E-state index contributed by atoms with van der Waals surface area (Å²) >= 11 is 0. The molecule has 0 heterocycles. The van der Waals surface area contributed by atoms with E-state index >= 15 is 0 Å². The van der Waals surface area contributed by atoms with Crippen molar-refractivity contribution in [2.45, 2.75) is 319 Å². The van der Waals surface area contributed by atoms with Crippen LogP contribution >= 0.6 is 0 Å². The lowest BCUT2D eigenvalue weighted by Gasteiger charge is -2.52. The van der Waals surface area contributed by atoms with Crippen LogP contribution in [0.4, 0.5) is 34.1 Å². The van der Waals surface area contributed by atoms with Gasteiger partial charge in [0, 0.05) is 44.7 Å². The van der Waals surface area contributed by atoms with Crippen molar-refractivity contribution in [2.75, 3.05) is 9.80 Å². The number of rotatable bonds is 36. The summed E-state index contributed by atoms with van der Waals surface area (Å²) in [6, 6.07) is 78.8. The van der Waals surface area contributed by atoms with Gasteiger partial charge in [-0.3, -0.25) is 0 Å². The monoisotopic (exact) mass is 1410 g/mol. The molecular formula is C104H128N2. The van der Waals surface area contributed by atoms with Crippen molar-refractivity contribution < 1.29 is 0 Å². The molecule has 0 atom stereocenters. The normalized spacial score (nSPS) is 20.8. The first-order valence-corrected chi connectivity index (χ1v) is 43.5. The largest absolute Gasteiger partial charge is 0.310 e. The molecule has 2 saturated carbocycles. The lowest BCUT2D eigenvalue weighted by Crippen LogP contribution is -2.44. The first-order chi connectivity index (χ1) is 51.8. The van der Waals surface area contributed by atoms with Gasteiger partial charge in [-0.2, -0.15) is 0 Å². The molecule has 2 heteroatoms. The van der Waals surface area contributed by atoms with E-state index in [-0.39, 0.29) is 32.5 Å². The number of hydrogen-bond acceptors (Lipinski definition) is 2. The molecule has 0 saturated heterocycles. The zero-order chi connectivity index (χ0) is 72.9. The minimum absolute atomic E-state index is 0.153. The summed E-state index contributed by atoms with van der Waals surface area (Å²) in [6.07, 6.45) is 46.1. The van der Waals surface area contributed by atoms with Gasteiger partial charge in [0.25, 0.3) is 0 Å². The molecule has 106 heavy (non-hydrogen) atoms. The Labute approximate surface area is 642 Å². The Kier molecular flexibility index (Phi) is 22.4. The van der Waals surface area contributed by atoms with Gasteiger partial charge in [0.1, 0.15) is 0 Å². The van der Waals surface area contributed by atoms with Crippen molar-refractivity contribution in [3.63, 3.8) is 0 Å². The van der Waals surface area contributed by atoms with E-state index in [1.54, 1.807) is 44.5 Å². The van der Waals surface area contributed by atoms with Crippen molar-refractivity contribution in [3.8, 4) is 44.5 Å². The number of anilines is 6. The van der Waals surface area contributed by atoms with Crippen molar-refractivity contribution in [1.29, 1.82) is 0 Å². The van der Waals surface area contributed by atoms with E-state index in [2.05, 4.69) is 259 Å². The zero-order valence-electron chi connectivity index (χ0n) is 66.8. The average Bonchev–Trinajstić information content (AvgIpc) is 1.51. The van der Waals surface area contributed by atoms with Gasteiger partial charge in [0.05, 0.1) is 11.4 Å². The minimum atomic E-state index is -0.153. The summed E-state index contributed by atoms with van der Waals surface area (Å²) in [6.45, 7) is 19.7. The summed E-state index contributed by atoms with van der Waals surface area (Å²) in [5.41, 5.74) is 32.3. The highest BCUT2D eigenvalue weighted by Gasteiger charge is 2.51. The fraction of sp³-hybridized carbons (Fsp3) is 0.481. The molecule has 0 N–H and O–H groups in total. The topological polar surface area (TPSA) is 6.48 Å². The van der Waals surface area contributed by atoms with Gasteiger partial charge in [-0.05, 0) is 249 Å². The summed E-state index contributed by atoms with van der Waals surface area (Å²) in [5, 5.41) is 0. The SMILES string of the molecule is CCCCCCCCC1(CCCCCCCC)c2cc(N(c3ccccc3)c3ccccc3-c3ccc4c(c3)C3(C)CCC4(C)CC3)ccc2-c2cc3c(cc21)-c1ccc(N(c2ccccc2)c2ccccc2-c2ccc4c(c2)C2(C)CCC4(C)CC2)cc1C3(CCCCCCCC)CCCCCCCC. The van der Waals surface area contributed by atoms with Crippen molar-refractivity contribution in [3.05, 3.63) is 239 Å². The third kappa shape index (κ3) is 14.1. The fourth-order valence-corrected chi connectivity index (χ4v) is 22.0. The van der Waals surface area contributed by atoms with Crippen molar-refractivity contribution in [1.82, 2.24) is 0 Å². The second kappa shape index (κ2) is 32.0. The Bertz CT molecular complexity index is 4150. The maximum absolute atomic E-state index is 2.89. The molecule has 0 amide bonds. The molecule has 0 aromatic heterocycles. The molecule has 2 nitrogen and oxygen atoms in total. The average molecular weight is 1410 g/mol. The first-order valence-electron chi connectivity index (χ1n) is 43.5. The van der Waals surface area contributed by atoms with Crippen LogP contribution in [0.15, 0.2) is 194 Å². The van der Waals surface area contributed by atoms with Crippen LogP contribution in [-0.2, 0) is 32.5 Å². The molecule has 0 spiro atoms. The van der Waals surface area contributed by atoms with Gasteiger partial charge >= 0.3 is 0 Å². The number of para-hydroxylation sites is 4. The maximum atomic E-state index is 2.89. The molecule has 554 valence electrons. The smallest absolute Gasteiger partial charge is 0.0540 e. The van der Waals surface area contributed by atoms with Crippen LogP contribution in [0.2, 0.25) is 0 Å². The van der Waals surface area contributed by atoms with Crippen molar-refractivity contribution in [2.24, 2.45) is 0 Å². The highest BCUT2D eigenvalue weighted by Crippen LogP contribution is 2.64. The van der Waals surface area contributed by atoms with Crippen LogP contribution in [0, 0.1) is 0 Å². The van der Waals surface area contributed by atoms with Gasteiger partial charge in [0.2, 0.25) is 0 Å². The van der Waals surface area contributed by atoms with Gasteiger partial charge in [-0.15, -0.1) is 0 Å². The Morgan fingerprint density at radius 1 is 0.226 bits per heavy atom. The predicted molar refractivity (Wildman–Crippen MR) is 457 cm³/mol. The Balaban J connectivity index is 0.914. The fourth-order valence-electron chi connectivity index (χ4n) is 22.0. The quantitative estimate of drug-likeness (QED) is 0.0361. The van der Waals surface area contributed by atoms with E-state index in [9.17, 15) is 0 Å². The standard InChI is InChI=1S/C104H128N2/c1-9-13-17-21-25-39-59-103(60-40-26-22-18-14-10-2)91-73-81(105(79-43-31-29-32-44-79)97-49-37-35-47-83(97)77-51-57-89-95(71-77)101(7)67-63-99(89,5)64-68-101)53-55-85(91)87-76-94-88(75-93(87)103)86-56-54-82(74-92(86)104(94,61-41-27-23-19-15-11-3)62-42-28-24-20-16-12-4)106(80-45-33-30-34-46-80)98-50-38-36-48-84(98)78-52-58-90-96(72-78)102(8)69-65-100(90,6)66-70-102/h29-38,43-58,71-76H,9-28,39-42,59-70H2,1-8H3. The van der Waals surface area contributed by atoms with Gasteiger partial charge in [-0.1, -0.05) is 331 Å². The van der Waals surface area contributed by atoms with E-state index in [0.29, 0.717) is 0 Å². The van der Waals surface area contributed by atoms with E-state index < -0.39 is 0 Å². The van der Waals surface area contributed by atoms with Gasteiger partial charge < -0.3 is 9.80 Å². The molecule has 9 aromatic carbocycles. The molecule has 0 aliphatic heterocycles. The second-order valence-electron chi connectivity index (χ2n) is 35.8. The maximum Gasteiger partial charge on any atom is 0.0540 e. The molecule has 9 aromatic rings. The molecule has 8 aliphatic carbocycles. The number of benzene rings is 9. The molecule has 0 unspecified atom stereocenters. The van der Waals surface area contributed by atoms with Crippen LogP contribution in [0.1, 0.15) is 331 Å². The van der Waals surface area contributed by atoms with Crippen LogP contribution in [0.5, 0.6) is 0 Å². The van der Waals surface area contributed by atoms with E-state index in [4.69, 9.17) is 0 Å². The summed E-state index contributed by atoms with van der Waals surface area (Å²) in [7, 11) is 0. The molecule has 2 fully saturated rings.